The van der Waals surface area contributed by atoms with Crippen LogP contribution in [0.4, 0.5) is 5.82 Å². The minimum atomic E-state index is 0.747. The first-order valence-corrected chi connectivity index (χ1v) is 5.47. The second-order valence-electron chi connectivity index (χ2n) is 4.20. The molecule has 0 bridgehead atoms. The number of aromatic nitrogens is 2. The summed E-state index contributed by atoms with van der Waals surface area (Å²) < 4.78 is 0. The van der Waals surface area contributed by atoms with Crippen LogP contribution in [-0.2, 0) is 0 Å². The van der Waals surface area contributed by atoms with Gasteiger partial charge in [-0.2, -0.15) is 0 Å². The molecule has 1 aliphatic rings. The molecule has 4 heteroatoms. The van der Waals surface area contributed by atoms with E-state index in [2.05, 4.69) is 27.2 Å². The summed E-state index contributed by atoms with van der Waals surface area (Å²) >= 11 is 0. The molecule has 1 saturated heterocycles. The lowest BCUT2D eigenvalue weighted by molar-refractivity contribution is 0.574. The molecule has 0 radical (unpaired) electrons. The summed E-state index contributed by atoms with van der Waals surface area (Å²) in [6.45, 7) is 5.35. The van der Waals surface area contributed by atoms with Gasteiger partial charge in [-0.05, 0) is 32.4 Å². The van der Waals surface area contributed by atoms with E-state index in [0.717, 1.165) is 37.1 Å². The smallest absolute Gasteiger partial charge is 0.149 e. The second kappa shape index (κ2) is 4.57. The van der Waals surface area contributed by atoms with Crippen molar-refractivity contribution in [3.05, 3.63) is 18.1 Å². The van der Waals surface area contributed by atoms with Gasteiger partial charge < -0.3 is 10.2 Å². The maximum Gasteiger partial charge on any atom is 0.149 e. The van der Waals surface area contributed by atoms with Gasteiger partial charge in [-0.3, -0.25) is 4.98 Å². The Morgan fingerprint density at radius 2 is 2.27 bits per heavy atom. The zero-order valence-electron chi connectivity index (χ0n) is 9.40. The zero-order valence-corrected chi connectivity index (χ0v) is 9.40. The predicted octanol–water partition coefficient (Wildman–Crippen LogP) is 0.831. The first kappa shape index (κ1) is 10.4. The number of hydrogen-bond donors (Lipinski definition) is 1. The Morgan fingerprint density at radius 3 is 2.93 bits per heavy atom. The lowest BCUT2D eigenvalue weighted by Gasteiger charge is -2.22. The van der Waals surface area contributed by atoms with Crippen LogP contribution in [0.1, 0.15) is 12.1 Å². The van der Waals surface area contributed by atoms with E-state index in [4.69, 9.17) is 0 Å². The van der Waals surface area contributed by atoms with Crippen LogP contribution in [-0.4, -0.2) is 36.6 Å². The van der Waals surface area contributed by atoms with Gasteiger partial charge in [0.15, 0.2) is 0 Å². The van der Waals surface area contributed by atoms with E-state index in [-0.39, 0.29) is 0 Å². The summed E-state index contributed by atoms with van der Waals surface area (Å²) in [6.07, 6.45) is 4.76. The van der Waals surface area contributed by atoms with Gasteiger partial charge in [0, 0.05) is 26.0 Å². The largest absolute Gasteiger partial charge is 0.358 e. The Kier molecular flexibility index (Phi) is 3.16. The third kappa shape index (κ3) is 2.45. The van der Waals surface area contributed by atoms with Crippen LogP contribution < -0.4 is 10.2 Å². The lowest BCUT2D eigenvalue weighted by atomic mass is 10.1. The van der Waals surface area contributed by atoms with E-state index in [1.807, 2.05) is 6.92 Å². The molecular weight excluding hydrogens is 188 g/mol. The number of nitrogens with zero attached hydrogens (tertiary/aromatic N) is 3. The van der Waals surface area contributed by atoms with Crippen LogP contribution in [0.5, 0.6) is 0 Å². The molecule has 0 aromatic carbocycles. The van der Waals surface area contributed by atoms with E-state index in [1.165, 1.54) is 6.42 Å². The third-order valence-electron chi connectivity index (χ3n) is 2.91. The molecular formula is C11H18N4. The highest BCUT2D eigenvalue weighted by molar-refractivity contribution is 5.41. The van der Waals surface area contributed by atoms with Crippen molar-refractivity contribution in [2.75, 3.05) is 31.6 Å². The fourth-order valence-electron chi connectivity index (χ4n) is 2.12. The molecule has 1 unspecified atom stereocenters. The molecule has 1 atom stereocenters. The van der Waals surface area contributed by atoms with Crippen LogP contribution in [0.2, 0.25) is 0 Å². The van der Waals surface area contributed by atoms with E-state index in [9.17, 15) is 0 Å². The normalized spacial score (nSPS) is 20.5. The van der Waals surface area contributed by atoms with E-state index >= 15 is 0 Å². The number of anilines is 1. The standard InChI is InChI=1S/C11H18N4/c1-9-11(14-6-5-13-9)15(2)8-10-3-4-12-7-10/h5-6,10,12H,3-4,7-8H2,1-2H3. The molecule has 0 aliphatic carbocycles. The van der Waals surface area contributed by atoms with Gasteiger partial charge in [-0.1, -0.05) is 0 Å². The third-order valence-corrected chi connectivity index (χ3v) is 2.91. The number of rotatable bonds is 3. The quantitative estimate of drug-likeness (QED) is 0.795. The maximum atomic E-state index is 4.36. The topological polar surface area (TPSA) is 41.1 Å². The minimum Gasteiger partial charge on any atom is -0.358 e. The Hall–Kier alpha value is -1.16. The van der Waals surface area contributed by atoms with E-state index in [1.54, 1.807) is 12.4 Å². The van der Waals surface area contributed by atoms with Crippen LogP contribution >= 0.6 is 0 Å². The fourth-order valence-corrected chi connectivity index (χ4v) is 2.12. The summed E-state index contributed by atoms with van der Waals surface area (Å²) in [5, 5.41) is 3.38. The molecule has 2 rings (SSSR count). The zero-order chi connectivity index (χ0) is 10.7. The summed E-state index contributed by atoms with van der Waals surface area (Å²) in [4.78, 5) is 10.8. The first-order valence-electron chi connectivity index (χ1n) is 5.47. The highest BCUT2D eigenvalue weighted by Gasteiger charge is 2.17. The average molecular weight is 206 g/mol. The SMILES string of the molecule is Cc1nccnc1N(C)CC1CCNC1. The van der Waals surface area contributed by atoms with Crippen molar-refractivity contribution < 1.29 is 0 Å². The van der Waals surface area contributed by atoms with Crippen LogP contribution in [0.3, 0.4) is 0 Å². The molecule has 82 valence electrons. The van der Waals surface area contributed by atoms with Crippen molar-refractivity contribution in [1.29, 1.82) is 0 Å². The minimum absolute atomic E-state index is 0.747. The highest BCUT2D eigenvalue weighted by atomic mass is 15.2. The second-order valence-corrected chi connectivity index (χ2v) is 4.20. The van der Waals surface area contributed by atoms with Gasteiger partial charge in [-0.25, -0.2) is 4.98 Å². The molecule has 4 nitrogen and oxygen atoms in total. The van der Waals surface area contributed by atoms with Gasteiger partial charge in [0.05, 0.1) is 5.69 Å². The van der Waals surface area contributed by atoms with Crippen LogP contribution in [0, 0.1) is 12.8 Å². The van der Waals surface area contributed by atoms with Gasteiger partial charge in [-0.15, -0.1) is 0 Å². The summed E-state index contributed by atoms with van der Waals surface area (Å²) in [6, 6.07) is 0. The van der Waals surface area contributed by atoms with Crippen molar-refractivity contribution in [3.63, 3.8) is 0 Å². The van der Waals surface area contributed by atoms with Crippen molar-refractivity contribution in [3.8, 4) is 0 Å². The van der Waals surface area contributed by atoms with Crippen LogP contribution in [0.15, 0.2) is 12.4 Å². The lowest BCUT2D eigenvalue weighted by Crippen LogP contribution is -2.28. The molecule has 1 aromatic rings. The molecule has 2 heterocycles. The van der Waals surface area contributed by atoms with Gasteiger partial charge >= 0.3 is 0 Å². The molecule has 1 N–H and O–H groups in total. The Morgan fingerprint density at radius 1 is 1.47 bits per heavy atom. The summed E-state index contributed by atoms with van der Waals surface area (Å²) in [5.74, 6) is 1.75. The molecule has 1 aromatic heterocycles. The van der Waals surface area contributed by atoms with Crippen molar-refractivity contribution >= 4 is 5.82 Å². The predicted molar refractivity (Wildman–Crippen MR) is 61.0 cm³/mol. The van der Waals surface area contributed by atoms with Crippen molar-refractivity contribution in [1.82, 2.24) is 15.3 Å². The number of nitrogens with one attached hydrogen (secondary N) is 1. The van der Waals surface area contributed by atoms with Crippen molar-refractivity contribution in [2.45, 2.75) is 13.3 Å². The number of hydrogen-bond acceptors (Lipinski definition) is 4. The van der Waals surface area contributed by atoms with Crippen molar-refractivity contribution in [2.24, 2.45) is 5.92 Å². The van der Waals surface area contributed by atoms with Crippen LogP contribution in [0.25, 0.3) is 0 Å². The van der Waals surface area contributed by atoms with Gasteiger partial charge in [0.2, 0.25) is 0 Å². The van der Waals surface area contributed by atoms with E-state index in [0.29, 0.717) is 0 Å². The summed E-state index contributed by atoms with van der Waals surface area (Å²) in [7, 11) is 2.09. The monoisotopic (exact) mass is 206 g/mol. The molecule has 0 spiro atoms. The Labute approximate surface area is 90.7 Å². The molecule has 1 aliphatic heterocycles. The summed E-state index contributed by atoms with van der Waals surface area (Å²) in [5.41, 5.74) is 1.01. The maximum absolute atomic E-state index is 4.36. The fraction of sp³-hybridized carbons (Fsp3) is 0.636. The van der Waals surface area contributed by atoms with Gasteiger partial charge in [0.25, 0.3) is 0 Å². The average Bonchev–Trinajstić information content (AvgIpc) is 2.71. The molecule has 0 amide bonds. The number of aryl methyl sites for hydroxylation is 1. The van der Waals surface area contributed by atoms with E-state index < -0.39 is 0 Å². The Balaban J connectivity index is 2.00. The van der Waals surface area contributed by atoms with Gasteiger partial charge in [0.1, 0.15) is 5.82 Å². The first-order chi connectivity index (χ1) is 7.27. The molecule has 15 heavy (non-hydrogen) atoms. The highest BCUT2D eigenvalue weighted by Crippen LogP contribution is 2.16. The molecule has 1 fully saturated rings. The molecule has 0 saturated carbocycles. The Bertz CT molecular complexity index is 320.